The number of amides is 1. The molecule has 0 radical (unpaired) electrons. The van der Waals surface area contributed by atoms with Gasteiger partial charge in [0.2, 0.25) is 5.91 Å². The van der Waals surface area contributed by atoms with Crippen LogP contribution in [0.15, 0.2) is 53.0 Å². The number of halogens is 4. The van der Waals surface area contributed by atoms with Crippen molar-refractivity contribution < 1.29 is 18.0 Å². The van der Waals surface area contributed by atoms with Gasteiger partial charge in [0.05, 0.1) is 5.56 Å². The second kappa shape index (κ2) is 7.50. The molecule has 2 aromatic carbocycles. The monoisotopic (exact) mass is 386 g/mol. The Bertz CT molecular complexity index is 689. The summed E-state index contributed by atoms with van der Waals surface area (Å²) in [5.41, 5.74) is -0.150. The smallest absolute Gasteiger partial charge is 0.384 e. The van der Waals surface area contributed by atoms with Gasteiger partial charge in [0.15, 0.2) is 0 Å². The van der Waals surface area contributed by atoms with E-state index in [1.54, 1.807) is 18.2 Å². The van der Waals surface area contributed by atoms with Gasteiger partial charge in [0, 0.05) is 28.8 Å². The minimum absolute atomic E-state index is 0.0322. The van der Waals surface area contributed by atoms with Crippen molar-refractivity contribution in [2.75, 3.05) is 17.2 Å². The van der Waals surface area contributed by atoms with E-state index in [1.807, 2.05) is 6.07 Å². The zero-order chi connectivity index (χ0) is 16.9. The second-order valence-electron chi connectivity index (χ2n) is 4.78. The Morgan fingerprint density at radius 2 is 1.83 bits per heavy atom. The zero-order valence-corrected chi connectivity index (χ0v) is 13.5. The predicted molar refractivity (Wildman–Crippen MR) is 87.3 cm³/mol. The van der Waals surface area contributed by atoms with Crippen LogP contribution in [0.4, 0.5) is 24.5 Å². The van der Waals surface area contributed by atoms with Gasteiger partial charge >= 0.3 is 6.18 Å². The van der Waals surface area contributed by atoms with Crippen LogP contribution in [0, 0.1) is 0 Å². The molecule has 0 bridgehead atoms. The molecule has 0 unspecified atom stereocenters. The Balaban J connectivity index is 1.89. The number of anilines is 2. The summed E-state index contributed by atoms with van der Waals surface area (Å²) in [6, 6.07) is 12.3. The molecule has 0 saturated heterocycles. The number of carbonyl (C=O) groups excluding carboxylic acids is 1. The molecule has 0 aliphatic heterocycles. The van der Waals surface area contributed by atoms with Gasteiger partial charge in [-0.2, -0.15) is 13.2 Å². The molecule has 7 heteroatoms. The number of alkyl halides is 3. The normalized spacial score (nSPS) is 11.1. The Morgan fingerprint density at radius 1 is 1.09 bits per heavy atom. The molecule has 23 heavy (non-hydrogen) atoms. The minimum Gasteiger partial charge on any atom is -0.384 e. The molecule has 2 rings (SSSR count). The first kappa shape index (κ1) is 17.3. The summed E-state index contributed by atoms with van der Waals surface area (Å²) < 4.78 is 39.3. The summed E-state index contributed by atoms with van der Waals surface area (Å²) in [5.74, 6) is -0.278. The van der Waals surface area contributed by atoms with E-state index in [2.05, 4.69) is 26.6 Å². The summed E-state index contributed by atoms with van der Waals surface area (Å²) in [5, 5.41) is 5.34. The van der Waals surface area contributed by atoms with E-state index in [1.165, 1.54) is 18.2 Å². The van der Waals surface area contributed by atoms with Crippen LogP contribution >= 0.6 is 15.9 Å². The highest BCUT2D eigenvalue weighted by Crippen LogP contribution is 2.34. The lowest BCUT2D eigenvalue weighted by Crippen LogP contribution is -2.17. The van der Waals surface area contributed by atoms with Crippen molar-refractivity contribution in [3.8, 4) is 0 Å². The highest BCUT2D eigenvalue weighted by Gasteiger charge is 2.32. The van der Waals surface area contributed by atoms with Crippen LogP contribution < -0.4 is 10.6 Å². The molecule has 0 fully saturated rings. The molecule has 0 atom stereocenters. The molecule has 122 valence electrons. The van der Waals surface area contributed by atoms with E-state index in [9.17, 15) is 18.0 Å². The van der Waals surface area contributed by atoms with Gasteiger partial charge in [-0.05, 0) is 30.3 Å². The first-order valence-corrected chi connectivity index (χ1v) is 7.61. The fourth-order valence-electron chi connectivity index (χ4n) is 1.98. The van der Waals surface area contributed by atoms with Crippen LogP contribution in [0.25, 0.3) is 0 Å². The standard InChI is InChI=1S/C16H14BrF3N2O/c17-11-4-3-5-12(10-11)22-15(23)8-9-21-14-7-2-1-6-13(14)16(18,19)20/h1-7,10,21H,8-9H2,(H,22,23). The SMILES string of the molecule is O=C(CCNc1ccccc1C(F)(F)F)Nc1cccc(Br)c1. The molecule has 0 aliphatic carbocycles. The molecule has 0 heterocycles. The molecule has 2 aromatic rings. The Kier molecular flexibility index (Phi) is 5.65. The lowest BCUT2D eigenvalue weighted by Gasteiger charge is -2.14. The lowest BCUT2D eigenvalue weighted by molar-refractivity contribution is -0.137. The molecule has 0 saturated carbocycles. The summed E-state index contributed by atoms with van der Waals surface area (Å²) in [7, 11) is 0. The number of hydrogen-bond acceptors (Lipinski definition) is 2. The molecule has 0 spiro atoms. The number of para-hydroxylation sites is 1. The van der Waals surface area contributed by atoms with Gasteiger partial charge < -0.3 is 10.6 Å². The van der Waals surface area contributed by atoms with E-state index < -0.39 is 11.7 Å². The van der Waals surface area contributed by atoms with E-state index in [0.717, 1.165) is 10.5 Å². The molecule has 0 aliphatic rings. The first-order chi connectivity index (χ1) is 10.9. The summed E-state index contributed by atoms with van der Waals surface area (Å²) in [6.07, 6.45) is -4.37. The Hall–Kier alpha value is -2.02. The third kappa shape index (κ3) is 5.28. The maximum atomic E-state index is 12.8. The summed E-state index contributed by atoms with van der Waals surface area (Å²) in [4.78, 5) is 11.8. The minimum atomic E-state index is -4.43. The van der Waals surface area contributed by atoms with Crippen molar-refractivity contribution in [2.24, 2.45) is 0 Å². The highest BCUT2D eigenvalue weighted by molar-refractivity contribution is 9.10. The topological polar surface area (TPSA) is 41.1 Å². The maximum absolute atomic E-state index is 12.8. The Labute approximate surface area is 140 Å². The maximum Gasteiger partial charge on any atom is 0.418 e. The number of rotatable bonds is 5. The van der Waals surface area contributed by atoms with Gasteiger partial charge in [-0.3, -0.25) is 4.79 Å². The van der Waals surface area contributed by atoms with E-state index in [0.29, 0.717) is 5.69 Å². The van der Waals surface area contributed by atoms with E-state index in [4.69, 9.17) is 0 Å². The fourth-order valence-corrected chi connectivity index (χ4v) is 2.38. The second-order valence-corrected chi connectivity index (χ2v) is 5.69. The van der Waals surface area contributed by atoms with Gasteiger partial charge in [-0.1, -0.05) is 34.1 Å². The third-order valence-electron chi connectivity index (χ3n) is 3.01. The molecular weight excluding hydrogens is 373 g/mol. The lowest BCUT2D eigenvalue weighted by atomic mass is 10.1. The molecule has 2 N–H and O–H groups in total. The van der Waals surface area contributed by atoms with Gasteiger partial charge in [0.25, 0.3) is 0 Å². The van der Waals surface area contributed by atoms with Crippen molar-refractivity contribution in [2.45, 2.75) is 12.6 Å². The van der Waals surface area contributed by atoms with Crippen LogP contribution in [0.5, 0.6) is 0 Å². The number of hydrogen-bond donors (Lipinski definition) is 2. The largest absolute Gasteiger partial charge is 0.418 e. The molecule has 3 nitrogen and oxygen atoms in total. The van der Waals surface area contributed by atoms with Crippen molar-refractivity contribution in [1.29, 1.82) is 0 Å². The summed E-state index contributed by atoms with van der Waals surface area (Å²) >= 11 is 3.29. The van der Waals surface area contributed by atoms with Crippen LogP contribution in [0.2, 0.25) is 0 Å². The van der Waals surface area contributed by atoms with Crippen molar-refractivity contribution >= 4 is 33.2 Å². The van der Waals surface area contributed by atoms with E-state index in [-0.39, 0.29) is 24.6 Å². The number of carbonyl (C=O) groups is 1. The average molecular weight is 387 g/mol. The van der Waals surface area contributed by atoms with Crippen molar-refractivity contribution in [3.63, 3.8) is 0 Å². The van der Waals surface area contributed by atoms with Crippen LogP contribution in [-0.4, -0.2) is 12.5 Å². The molecule has 1 amide bonds. The van der Waals surface area contributed by atoms with Crippen molar-refractivity contribution in [3.05, 3.63) is 58.6 Å². The van der Waals surface area contributed by atoms with Crippen LogP contribution in [0.3, 0.4) is 0 Å². The fraction of sp³-hybridized carbons (Fsp3) is 0.188. The van der Waals surface area contributed by atoms with Gasteiger partial charge in [0.1, 0.15) is 0 Å². The van der Waals surface area contributed by atoms with Gasteiger partial charge in [-0.25, -0.2) is 0 Å². The number of nitrogens with one attached hydrogen (secondary N) is 2. The first-order valence-electron chi connectivity index (χ1n) is 6.82. The molecule has 0 aromatic heterocycles. The van der Waals surface area contributed by atoms with E-state index >= 15 is 0 Å². The van der Waals surface area contributed by atoms with Crippen molar-refractivity contribution in [1.82, 2.24) is 0 Å². The predicted octanol–water partition coefficient (Wildman–Crippen LogP) is 4.91. The molecular formula is C16H14BrF3N2O. The highest BCUT2D eigenvalue weighted by atomic mass is 79.9. The average Bonchev–Trinajstić information content (AvgIpc) is 2.46. The Morgan fingerprint density at radius 3 is 2.52 bits per heavy atom. The third-order valence-corrected chi connectivity index (χ3v) is 3.50. The quantitative estimate of drug-likeness (QED) is 0.766. The van der Waals surface area contributed by atoms with Crippen LogP contribution in [-0.2, 0) is 11.0 Å². The van der Waals surface area contributed by atoms with Crippen LogP contribution in [0.1, 0.15) is 12.0 Å². The summed E-state index contributed by atoms with van der Waals surface area (Å²) in [6.45, 7) is 0.104. The van der Waals surface area contributed by atoms with Gasteiger partial charge in [-0.15, -0.1) is 0 Å². The number of benzene rings is 2. The zero-order valence-electron chi connectivity index (χ0n) is 12.0.